The van der Waals surface area contributed by atoms with Crippen LogP contribution < -0.4 is 11.5 Å². The van der Waals surface area contributed by atoms with Crippen LogP contribution in [-0.2, 0) is 15.2 Å². The molecule has 0 radical (unpaired) electrons. The van der Waals surface area contributed by atoms with Crippen LogP contribution in [0.15, 0.2) is 19.0 Å². The molecule has 3 aliphatic rings. The Bertz CT molecular complexity index is 1640. The lowest BCUT2D eigenvalue weighted by atomic mass is 9.87. The van der Waals surface area contributed by atoms with Crippen molar-refractivity contribution in [3.05, 3.63) is 24.3 Å². The van der Waals surface area contributed by atoms with E-state index in [4.69, 9.17) is 37.6 Å². The van der Waals surface area contributed by atoms with Gasteiger partial charge in [0, 0.05) is 5.92 Å². The van der Waals surface area contributed by atoms with E-state index in [9.17, 15) is 25.5 Å². The van der Waals surface area contributed by atoms with Gasteiger partial charge in [-0.05, 0) is 24.4 Å². The Hall–Kier alpha value is -3.33. The minimum atomic E-state index is -1.24. The lowest BCUT2D eigenvalue weighted by Crippen LogP contribution is -2.50. The van der Waals surface area contributed by atoms with Crippen molar-refractivity contribution in [2.45, 2.75) is 74.3 Å². The largest absolute Gasteiger partial charge is 0.394 e. The summed E-state index contributed by atoms with van der Waals surface area (Å²) in [7, 11) is 0. The number of anilines is 2. The molecule has 0 spiro atoms. The Labute approximate surface area is 253 Å². The van der Waals surface area contributed by atoms with Crippen molar-refractivity contribution in [3.63, 3.8) is 0 Å². The fourth-order valence-electron chi connectivity index (χ4n) is 6.36. The second-order valence-corrected chi connectivity index (χ2v) is 11.3. The SMILES string of the molecule is Nc1nc(Cl)nc2c1ncn2[C@@H]1O[C@H](CO)[C@@H](O)[C@H]1O.Nc1ncnc2c1ncn2[C@]1(C2CCCC2)O[C@H](CO)[C@@H](O)[C@H]1O. The highest BCUT2D eigenvalue weighted by Gasteiger charge is 2.60. The second kappa shape index (κ2) is 11.9. The second-order valence-electron chi connectivity index (χ2n) is 11.0. The fraction of sp³-hybridized carbons (Fsp3) is 0.600. The molecule has 2 aliphatic heterocycles. The summed E-state index contributed by atoms with van der Waals surface area (Å²) in [5, 5.41) is 59.5. The Morgan fingerprint density at radius 1 is 0.841 bits per heavy atom. The van der Waals surface area contributed by atoms with E-state index in [1.807, 2.05) is 0 Å². The van der Waals surface area contributed by atoms with Crippen molar-refractivity contribution in [3.8, 4) is 0 Å². The minimum Gasteiger partial charge on any atom is -0.394 e. The van der Waals surface area contributed by atoms with E-state index in [1.165, 1.54) is 23.5 Å². The quantitative estimate of drug-likeness (QED) is 0.110. The number of halogens is 1. The Morgan fingerprint density at radius 2 is 1.52 bits per heavy atom. The third-order valence-corrected chi connectivity index (χ3v) is 8.71. The van der Waals surface area contributed by atoms with Gasteiger partial charge in [-0.1, -0.05) is 12.8 Å². The molecule has 2 saturated heterocycles. The van der Waals surface area contributed by atoms with Gasteiger partial charge < -0.3 is 51.6 Å². The zero-order chi connectivity index (χ0) is 31.3. The van der Waals surface area contributed by atoms with Crippen LogP contribution in [0, 0.1) is 5.92 Å². The monoisotopic (exact) mass is 636 g/mol. The van der Waals surface area contributed by atoms with E-state index >= 15 is 0 Å². The molecule has 1 aliphatic carbocycles. The number of ether oxygens (including phenoxy) is 2. The first-order chi connectivity index (χ1) is 21.1. The van der Waals surface area contributed by atoms with E-state index < -0.39 is 55.2 Å². The molecule has 1 saturated carbocycles. The van der Waals surface area contributed by atoms with Crippen LogP contribution in [0.1, 0.15) is 31.9 Å². The molecule has 10 N–H and O–H groups in total. The van der Waals surface area contributed by atoms with E-state index in [2.05, 4.69) is 29.9 Å². The third kappa shape index (κ3) is 4.82. The number of nitrogens with zero attached hydrogens (tertiary/aromatic N) is 8. The summed E-state index contributed by atoms with van der Waals surface area (Å²) in [5.41, 5.74) is 11.8. The summed E-state index contributed by atoms with van der Waals surface area (Å²) in [6.07, 6.45) is 0.408. The van der Waals surface area contributed by atoms with Crippen LogP contribution >= 0.6 is 11.6 Å². The molecule has 8 atom stereocenters. The molecule has 0 amide bonds. The molecule has 3 fully saturated rings. The van der Waals surface area contributed by atoms with Crippen molar-refractivity contribution >= 4 is 45.6 Å². The van der Waals surface area contributed by atoms with Crippen molar-refractivity contribution in [1.29, 1.82) is 0 Å². The summed E-state index contributed by atoms with van der Waals surface area (Å²) in [6, 6.07) is 0. The van der Waals surface area contributed by atoms with Gasteiger partial charge >= 0.3 is 0 Å². The lowest BCUT2D eigenvalue weighted by Gasteiger charge is -2.39. The Morgan fingerprint density at radius 3 is 2.18 bits per heavy atom. The van der Waals surface area contributed by atoms with Crippen molar-refractivity contribution < 1.29 is 40.1 Å². The average Bonchev–Trinajstić information content (AvgIpc) is 3.84. The molecule has 0 aromatic carbocycles. The van der Waals surface area contributed by atoms with Gasteiger partial charge in [-0.2, -0.15) is 9.97 Å². The number of rotatable bonds is 5. The average molecular weight is 637 g/mol. The van der Waals surface area contributed by atoms with Gasteiger partial charge in [0.05, 0.1) is 25.9 Å². The van der Waals surface area contributed by atoms with E-state index in [0.29, 0.717) is 16.7 Å². The van der Waals surface area contributed by atoms with Crippen LogP contribution in [0.3, 0.4) is 0 Å². The molecule has 6 heterocycles. The van der Waals surface area contributed by atoms with Crippen LogP contribution in [0.4, 0.5) is 11.6 Å². The first kappa shape index (κ1) is 30.7. The normalized spacial score (nSPS) is 32.5. The topological polar surface area (TPSA) is 279 Å². The maximum Gasteiger partial charge on any atom is 0.226 e. The molecule has 0 bridgehead atoms. The van der Waals surface area contributed by atoms with Crippen molar-refractivity contribution in [2.75, 3.05) is 24.7 Å². The van der Waals surface area contributed by atoms with E-state index in [-0.39, 0.29) is 35.1 Å². The molecule has 19 heteroatoms. The third-order valence-electron chi connectivity index (χ3n) is 8.54. The number of nitrogens with two attached hydrogens (primary N) is 2. The van der Waals surface area contributed by atoms with E-state index in [1.54, 1.807) is 4.57 Å². The van der Waals surface area contributed by atoms with Crippen molar-refractivity contribution in [1.82, 2.24) is 39.0 Å². The van der Waals surface area contributed by atoms with Crippen LogP contribution in [0.25, 0.3) is 22.3 Å². The summed E-state index contributed by atoms with van der Waals surface area (Å²) < 4.78 is 14.5. The van der Waals surface area contributed by atoms with Gasteiger partial charge in [-0.25, -0.2) is 19.9 Å². The number of imidazole rings is 2. The zero-order valence-corrected chi connectivity index (χ0v) is 24.0. The lowest BCUT2D eigenvalue weighted by molar-refractivity contribution is -0.180. The number of fused-ring (bicyclic) bond motifs is 2. The molecular weight excluding hydrogens is 604 g/mol. The van der Waals surface area contributed by atoms with Gasteiger partial charge in [0.2, 0.25) is 5.28 Å². The number of nitrogen functional groups attached to an aromatic ring is 2. The maximum absolute atomic E-state index is 10.9. The summed E-state index contributed by atoms with van der Waals surface area (Å²) in [6.45, 7) is -0.796. The number of hydrogen-bond donors (Lipinski definition) is 8. The van der Waals surface area contributed by atoms with E-state index in [0.717, 1.165) is 25.7 Å². The number of aliphatic hydroxyl groups is 6. The molecule has 44 heavy (non-hydrogen) atoms. The first-order valence-electron chi connectivity index (χ1n) is 14.0. The highest BCUT2D eigenvalue weighted by atomic mass is 35.5. The molecule has 7 rings (SSSR count). The van der Waals surface area contributed by atoms with Gasteiger partial charge in [0.15, 0.2) is 34.9 Å². The molecule has 238 valence electrons. The molecule has 4 aromatic rings. The van der Waals surface area contributed by atoms with Crippen LogP contribution in [0.2, 0.25) is 5.28 Å². The predicted molar refractivity (Wildman–Crippen MR) is 151 cm³/mol. The molecular formula is C25H33ClN10O8. The molecule has 0 unspecified atom stereocenters. The zero-order valence-electron chi connectivity index (χ0n) is 23.2. The van der Waals surface area contributed by atoms with Crippen LogP contribution in [0.5, 0.6) is 0 Å². The predicted octanol–water partition coefficient (Wildman–Crippen LogP) is -1.96. The minimum absolute atomic E-state index is 0.0210. The number of hydrogen-bond acceptors (Lipinski definition) is 16. The van der Waals surface area contributed by atoms with Crippen LogP contribution in [-0.4, -0.2) is 120 Å². The van der Waals surface area contributed by atoms with Gasteiger partial charge in [0.1, 0.15) is 54.0 Å². The Balaban J connectivity index is 0.000000159. The standard InChI is InChI=1S/C15H21N5O4.C10H12ClN5O4/c16-13-10-14(18-6-17-13)20(7-19-10)15(8-3-1-2-4-8)12(23)11(22)9(5-21)24-15;11-10-14-7(12)4-8(15-10)16(2-13-4)9-6(19)5(18)3(1-17)20-9/h6-9,11-12,21-23H,1-5H2,(H2,16,17,18);2-3,5-6,9,17-19H,1H2,(H2,12,14,15)/t9-,11-,12-,15-;3-,5-,6-,9-/m11/s1. The van der Waals surface area contributed by atoms with Crippen molar-refractivity contribution in [2.24, 2.45) is 5.92 Å². The van der Waals surface area contributed by atoms with Gasteiger partial charge in [0.25, 0.3) is 0 Å². The molecule has 4 aromatic heterocycles. The van der Waals surface area contributed by atoms with Gasteiger partial charge in [-0.15, -0.1) is 0 Å². The smallest absolute Gasteiger partial charge is 0.226 e. The maximum atomic E-state index is 10.9. The number of aromatic nitrogens is 8. The summed E-state index contributed by atoms with van der Waals surface area (Å²) >= 11 is 5.74. The highest BCUT2D eigenvalue weighted by Crippen LogP contribution is 2.49. The van der Waals surface area contributed by atoms with Gasteiger partial charge in [-0.3, -0.25) is 9.13 Å². The fourth-order valence-corrected chi connectivity index (χ4v) is 6.53. The number of aliphatic hydroxyl groups excluding tert-OH is 6. The highest BCUT2D eigenvalue weighted by molar-refractivity contribution is 6.28. The first-order valence-corrected chi connectivity index (χ1v) is 14.4. The summed E-state index contributed by atoms with van der Waals surface area (Å²) in [4.78, 5) is 24.2. The molecule has 18 nitrogen and oxygen atoms in total. The Kier molecular flexibility index (Phi) is 8.28. The summed E-state index contributed by atoms with van der Waals surface area (Å²) in [5.74, 6) is 0.324.